The first-order valence-corrected chi connectivity index (χ1v) is 21.8. The number of methoxy groups -OCH3 is 2. The molecular formula is C54H40N10O4. The van der Waals surface area contributed by atoms with Gasteiger partial charge in [0, 0.05) is 44.3 Å². The molecule has 5 aromatic heterocycles. The third-order valence-corrected chi connectivity index (χ3v) is 11.9. The molecule has 9 aromatic rings. The fourth-order valence-corrected chi connectivity index (χ4v) is 8.59. The number of ether oxygens (including phenoxy) is 2. The van der Waals surface area contributed by atoms with E-state index >= 15 is 0 Å². The van der Waals surface area contributed by atoms with Gasteiger partial charge in [-0.1, -0.05) is 83.2 Å². The molecule has 11 rings (SSSR count). The van der Waals surface area contributed by atoms with Crippen molar-refractivity contribution in [3.8, 4) is 44.8 Å². The highest BCUT2D eigenvalue weighted by Crippen LogP contribution is 2.38. The van der Waals surface area contributed by atoms with Crippen molar-refractivity contribution >= 4 is 58.3 Å². The van der Waals surface area contributed by atoms with Crippen LogP contribution < -0.4 is 0 Å². The fraction of sp³-hybridized carbons (Fsp3) is 0.0741. The monoisotopic (exact) mass is 892 g/mol. The molecule has 2 aliphatic heterocycles. The molecule has 0 unspecified atom stereocenters. The molecule has 0 radical (unpaired) electrons. The largest absolute Gasteiger partial charge is 0.465 e. The Morgan fingerprint density at radius 3 is 1.32 bits per heavy atom. The Balaban J connectivity index is 0.984. The fourth-order valence-electron chi connectivity index (χ4n) is 8.59. The number of rotatable bonds is 10. The van der Waals surface area contributed by atoms with Crippen molar-refractivity contribution in [1.29, 1.82) is 0 Å². The lowest BCUT2D eigenvalue weighted by atomic mass is 9.96. The standard InChI is InChI=1S/C54H40N10O4/c1-67-53(65)35-15-11-33(12-16-35)29-63-31-49(59-61-63)41-7-3-5-9-43(41)51-45-23-19-37(55-45)27-39-21-25-47(57-39)52(48-26-22-40(58-48)28-38-20-24-46(51)56-38)44-10-6-4-8-42(44)50-32-64(62-60-50)30-34-13-17-36(18-14-34)54(66)68-2/h3-28,31-32,55,58H,29-30H2,1-2H3. The molecule has 14 heteroatoms. The smallest absolute Gasteiger partial charge is 0.337 e. The third kappa shape index (κ3) is 8.17. The van der Waals surface area contributed by atoms with E-state index in [4.69, 9.17) is 19.4 Å². The molecule has 0 saturated heterocycles. The number of carbonyl (C=O) groups is 2. The van der Waals surface area contributed by atoms with Gasteiger partial charge in [-0.15, -0.1) is 10.2 Å². The van der Waals surface area contributed by atoms with Gasteiger partial charge in [-0.3, -0.25) is 0 Å². The van der Waals surface area contributed by atoms with Crippen molar-refractivity contribution in [1.82, 2.24) is 49.9 Å². The topological polar surface area (TPSA) is 171 Å². The van der Waals surface area contributed by atoms with E-state index in [1.54, 1.807) is 33.6 Å². The number of hydrogen-bond donors (Lipinski definition) is 2. The van der Waals surface area contributed by atoms with Crippen molar-refractivity contribution in [2.24, 2.45) is 0 Å². The molecule has 2 N–H and O–H groups in total. The predicted octanol–water partition coefficient (Wildman–Crippen LogP) is 10.2. The molecule has 0 amide bonds. The molecule has 0 saturated carbocycles. The first-order chi connectivity index (χ1) is 33.3. The number of hydrogen-bond acceptors (Lipinski definition) is 10. The maximum Gasteiger partial charge on any atom is 0.337 e. The van der Waals surface area contributed by atoms with E-state index in [-0.39, 0.29) is 11.9 Å². The number of H-pyrrole nitrogens is 2. The van der Waals surface area contributed by atoms with E-state index in [2.05, 4.69) is 67.0 Å². The SMILES string of the molecule is COC(=O)c1ccc(Cn2cc(-c3ccccc3-c3c4nc(cc5ccc([nH]5)c(-c5ccccc5-c5cn(Cc6ccc(C(=O)OC)cc6)nn5)c5nc(cc6ccc3[nH]6)C=C5)C=C4)nn2)cc1. The first kappa shape index (κ1) is 41.4. The molecule has 0 aliphatic carbocycles. The summed E-state index contributed by atoms with van der Waals surface area (Å²) in [5.74, 6) is -0.758. The van der Waals surface area contributed by atoms with E-state index in [1.165, 1.54) is 14.2 Å². The molecular weight excluding hydrogens is 853 g/mol. The van der Waals surface area contributed by atoms with Crippen LogP contribution in [0.5, 0.6) is 0 Å². The zero-order chi connectivity index (χ0) is 46.1. The van der Waals surface area contributed by atoms with Gasteiger partial charge in [-0.05, 0) is 107 Å². The Hall–Kier alpha value is -9.30. The number of aromatic nitrogens is 10. The number of carbonyl (C=O) groups excluding carboxylic acids is 2. The average molecular weight is 893 g/mol. The lowest BCUT2D eigenvalue weighted by Gasteiger charge is -2.09. The van der Waals surface area contributed by atoms with Crippen LogP contribution in [0.4, 0.5) is 0 Å². The summed E-state index contributed by atoms with van der Waals surface area (Å²) in [5.41, 5.74) is 16.4. The van der Waals surface area contributed by atoms with Gasteiger partial charge in [0.25, 0.3) is 0 Å². The van der Waals surface area contributed by atoms with Crippen LogP contribution in [0.15, 0.2) is 146 Å². The average Bonchev–Trinajstić information content (AvgIpc) is 4.25. The second-order valence-corrected chi connectivity index (χ2v) is 16.3. The predicted molar refractivity (Wildman–Crippen MR) is 262 cm³/mol. The molecule has 0 fully saturated rings. The van der Waals surface area contributed by atoms with E-state index in [0.717, 1.165) is 89.4 Å². The van der Waals surface area contributed by atoms with Crippen LogP contribution in [0.2, 0.25) is 0 Å². The van der Waals surface area contributed by atoms with Crippen molar-refractivity contribution in [2.45, 2.75) is 13.1 Å². The van der Waals surface area contributed by atoms with Gasteiger partial charge in [-0.2, -0.15) is 0 Å². The molecule has 4 aromatic carbocycles. The molecule has 2 aliphatic rings. The van der Waals surface area contributed by atoms with Gasteiger partial charge in [0.15, 0.2) is 0 Å². The molecule has 7 heterocycles. The lowest BCUT2D eigenvalue weighted by molar-refractivity contribution is 0.0592. The molecule has 14 nitrogen and oxygen atoms in total. The Kier molecular flexibility index (Phi) is 10.7. The Morgan fingerprint density at radius 1 is 0.500 bits per heavy atom. The highest BCUT2D eigenvalue weighted by molar-refractivity contribution is 5.98. The maximum atomic E-state index is 12.0. The van der Waals surface area contributed by atoms with Crippen molar-refractivity contribution in [3.63, 3.8) is 0 Å². The molecule has 68 heavy (non-hydrogen) atoms. The van der Waals surface area contributed by atoms with Crippen LogP contribution in [0.25, 0.3) is 91.1 Å². The zero-order valence-corrected chi connectivity index (χ0v) is 36.8. The molecule has 0 spiro atoms. The molecule has 8 bridgehead atoms. The first-order valence-electron chi connectivity index (χ1n) is 21.8. The Labute approximate surface area is 388 Å². The van der Waals surface area contributed by atoms with Crippen LogP contribution in [0, 0.1) is 0 Å². The molecule has 330 valence electrons. The van der Waals surface area contributed by atoms with Gasteiger partial charge in [0.1, 0.15) is 11.4 Å². The molecule has 0 atom stereocenters. The zero-order valence-electron chi connectivity index (χ0n) is 36.8. The van der Waals surface area contributed by atoms with Gasteiger partial charge in [0.2, 0.25) is 0 Å². The Morgan fingerprint density at radius 2 is 0.912 bits per heavy atom. The van der Waals surface area contributed by atoms with E-state index in [0.29, 0.717) is 35.6 Å². The normalized spacial score (nSPS) is 11.8. The minimum absolute atomic E-state index is 0.379. The number of benzene rings is 4. The summed E-state index contributed by atoms with van der Waals surface area (Å²) in [6.07, 6.45) is 12.0. The summed E-state index contributed by atoms with van der Waals surface area (Å²) < 4.78 is 13.3. The number of fused-ring (bicyclic) bond motifs is 8. The van der Waals surface area contributed by atoms with Crippen molar-refractivity contribution in [3.05, 3.63) is 191 Å². The third-order valence-electron chi connectivity index (χ3n) is 11.9. The summed E-state index contributed by atoms with van der Waals surface area (Å²) in [4.78, 5) is 41.7. The number of aromatic amines is 2. The van der Waals surface area contributed by atoms with Crippen molar-refractivity contribution in [2.75, 3.05) is 14.2 Å². The second kappa shape index (κ2) is 17.6. The highest BCUT2D eigenvalue weighted by atomic mass is 16.5. The van der Waals surface area contributed by atoms with Crippen LogP contribution in [-0.4, -0.2) is 76.1 Å². The van der Waals surface area contributed by atoms with E-state index in [9.17, 15) is 9.59 Å². The van der Waals surface area contributed by atoms with E-state index < -0.39 is 0 Å². The van der Waals surface area contributed by atoms with Crippen LogP contribution in [-0.2, 0) is 22.6 Å². The highest BCUT2D eigenvalue weighted by Gasteiger charge is 2.20. The Bertz CT molecular complexity index is 3410. The van der Waals surface area contributed by atoms with Crippen LogP contribution in [0.1, 0.15) is 54.6 Å². The number of esters is 2. The summed E-state index contributed by atoms with van der Waals surface area (Å²) in [5, 5.41) is 18.2. The summed E-state index contributed by atoms with van der Waals surface area (Å²) >= 11 is 0. The second-order valence-electron chi connectivity index (χ2n) is 16.3. The minimum atomic E-state index is -0.379. The summed E-state index contributed by atoms with van der Waals surface area (Å²) in [6, 6.07) is 43.1. The van der Waals surface area contributed by atoms with Gasteiger partial charge < -0.3 is 19.4 Å². The minimum Gasteiger partial charge on any atom is -0.465 e. The van der Waals surface area contributed by atoms with Gasteiger partial charge >= 0.3 is 11.9 Å². The summed E-state index contributed by atoms with van der Waals surface area (Å²) in [6.45, 7) is 0.940. The van der Waals surface area contributed by atoms with Crippen molar-refractivity contribution < 1.29 is 19.1 Å². The van der Waals surface area contributed by atoms with E-state index in [1.807, 2.05) is 109 Å². The van der Waals surface area contributed by atoms with Crippen LogP contribution >= 0.6 is 0 Å². The quantitative estimate of drug-likeness (QED) is 0.126. The maximum absolute atomic E-state index is 12.0. The van der Waals surface area contributed by atoms with Gasteiger partial charge in [0.05, 0.1) is 73.6 Å². The number of nitrogens with one attached hydrogen (secondary N) is 2. The lowest BCUT2D eigenvalue weighted by Crippen LogP contribution is -2.03. The van der Waals surface area contributed by atoms with Crippen LogP contribution in [0.3, 0.4) is 0 Å². The summed E-state index contributed by atoms with van der Waals surface area (Å²) in [7, 11) is 2.74. The van der Waals surface area contributed by atoms with Gasteiger partial charge in [-0.25, -0.2) is 28.9 Å². The number of nitrogens with zero attached hydrogens (tertiary/aromatic N) is 8.